The molecule has 4 nitrogen and oxygen atoms in total. The molecule has 3 aromatic rings. The monoisotopic (exact) mass is 490 g/mol. The quantitative estimate of drug-likeness (QED) is 0.543. The fourth-order valence-electron chi connectivity index (χ4n) is 2.29. The molecule has 146 valence electrons. The molecule has 0 atom stereocenters. The van der Waals surface area contributed by atoms with Crippen molar-refractivity contribution in [3.8, 4) is 11.5 Å². The van der Waals surface area contributed by atoms with Gasteiger partial charge in [-0.3, -0.25) is 0 Å². The number of rotatable bonds is 3. The number of hydrogen-bond acceptors (Lipinski definition) is 3. The van der Waals surface area contributed by atoms with Crippen molar-refractivity contribution in [2.24, 2.45) is 0 Å². The molecule has 0 aliphatic heterocycles. The highest BCUT2D eigenvalue weighted by Crippen LogP contribution is 2.20. The van der Waals surface area contributed by atoms with Crippen LogP contribution in [0.4, 0.5) is 0 Å². The number of phenolic OH excluding ortho intramolecular Hbond substituents is 1. The summed E-state index contributed by atoms with van der Waals surface area (Å²) >= 11 is -0.145. The Morgan fingerprint density at radius 3 is 1.79 bits per heavy atom. The lowest BCUT2D eigenvalue weighted by atomic mass is 9.87. The third kappa shape index (κ3) is 6.56. The molecule has 2 N–H and O–H groups in total. The van der Waals surface area contributed by atoms with E-state index in [4.69, 9.17) is 5.11 Å². The minimum Gasteiger partial charge on any atom is -0.872 e. The van der Waals surface area contributed by atoms with Gasteiger partial charge in [-0.25, -0.2) is 4.79 Å². The fourth-order valence-corrected chi connectivity index (χ4v) is 4.44. The van der Waals surface area contributed by atoms with E-state index in [1.807, 2.05) is 12.1 Å². The Balaban J connectivity index is 0.000000237. The SMILES string of the molecule is CC(C)(C)c1ccc([I+]c2ccc(O)cc2)cc1.O=C(O)c1ccccc1[O-]. The predicted molar refractivity (Wildman–Crippen MR) is 103 cm³/mol. The van der Waals surface area contributed by atoms with E-state index in [2.05, 4.69) is 45.0 Å². The van der Waals surface area contributed by atoms with E-state index in [0.29, 0.717) is 5.75 Å². The summed E-state index contributed by atoms with van der Waals surface area (Å²) in [6, 6.07) is 22.0. The summed E-state index contributed by atoms with van der Waals surface area (Å²) in [6.07, 6.45) is 0. The first-order valence-corrected chi connectivity index (χ1v) is 10.9. The number of hydrogen-bond donors (Lipinski definition) is 2. The van der Waals surface area contributed by atoms with Gasteiger partial charge in [-0.15, -0.1) is 0 Å². The van der Waals surface area contributed by atoms with Crippen LogP contribution in [0, 0.1) is 7.14 Å². The van der Waals surface area contributed by atoms with Crippen LogP contribution in [0.15, 0.2) is 72.8 Å². The van der Waals surface area contributed by atoms with Crippen LogP contribution < -0.4 is 26.3 Å². The molecular weight excluding hydrogens is 467 g/mol. The van der Waals surface area contributed by atoms with E-state index in [1.54, 1.807) is 12.1 Å². The van der Waals surface area contributed by atoms with Crippen molar-refractivity contribution in [2.45, 2.75) is 26.2 Å². The van der Waals surface area contributed by atoms with Crippen LogP contribution in [0.2, 0.25) is 0 Å². The molecule has 0 saturated heterocycles. The van der Waals surface area contributed by atoms with Crippen LogP contribution in [0.1, 0.15) is 36.7 Å². The van der Waals surface area contributed by atoms with Gasteiger partial charge < -0.3 is 15.3 Å². The number of aromatic carboxylic acids is 1. The Morgan fingerprint density at radius 2 is 1.36 bits per heavy atom. The Morgan fingerprint density at radius 1 is 0.857 bits per heavy atom. The van der Waals surface area contributed by atoms with Crippen molar-refractivity contribution in [3.05, 3.63) is 91.1 Å². The van der Waals surface area contributed by atoms with Crippen molar-refractivity contribution in [2.75, 3.05) is 0 Å². The lowest BCUT2D eigenvalue weighted by Gasteiger charge is -2.18. The summed E-state index contributed by atoms with van der Waals surface area (Å²) in [4.78, 5) is 10.2. The molecule has 0 aliphatic carbocycles. The number of carboxylic acids is 1. The van der Waals surface area contributed by atoms with Crippen LogP contribution in [0.3, 0.4) is 0 Å². The van der Waals surface area contributed by atoms with Gasteiger partial charge in [-0.2, -0.15) is 0 Å². The number of benzene rings is 3. The fraction of sp³-hybridized carbons (Fsp3) is 0.174. The molecule has 5 heteroatoms. The van der Waals surface area contributed by atoms with Crippen molar-refractivity contribution in [3.63, 3.8) is 0 Å². The second-order valence-electron chi connectivity index (χ2n) is 7.13. The first-order valence-electron chi connectivity index (χ1n) is 8.70. The second kappa shape index (κ2) is 9.59. The predicted octanol–water partition coefficient (Wildman–Crippen LogP) is 1.28. The third-order valence-corrected chi connectivity index (χ3v) is 6.56. The zero-order valence-corrected chi connectivity index (χ0v) is 18.2. The number of carbonyl (C=O) groups is 1. The van der Waals surface area contributed by atoms with Gasteiger partial charge in [0, 0.05) is 0 Å². The first-order chi connectivity index (χ1) is 13.2. The van der Waals surface area contributed by atoms with Crippen molar-refractivity contribution >= 4 is 5.97 Å². The molecule has 0 aliphatic rings. The number of carboxylic acid groups (broad SMARTS) is 1. The minimum atomic E-state index is -1.18. The zero-order chi connectivity index (χ0) is 20.7. The van der Waals surface area contributed by atoms with Gasteiger partial charge in [0.15, 0.2) is 7.14 Å². The van der Waals surface area contributed by atoms with Crippen LogP contribution in [0.5, 0.6) is 11.5 Å². The van der Waals surface area contributed by atoms with Gasteiger partial charge in [0.1, 0.15) is 5.75 Å². The van der Waals surface area contributed by atoms with E-state index in [1.165, 1.54) is 37.0 Å². The average Bonchev–Trinajstić information content (AvgIpc) is 2.64. The van der Waals surface area contributed by atoms with Gasteiger partial charge in [0.25, 0.3) is 0 Å². The largest absolute Gasteiger partial charge is 0.872 e. The normalized spacial score (nSPS) is 10.7. The van der Waals surface area contributed by atoms with Gasteiger partial charge in [-0.05, 0) is 53.4 Å². The highest BCUT2D eigenvalue weighted by atomic mass is 127. The maximum atomic E-state index is 10.7. The highest BCUT2D eigenvalue weighted by molar-refractivity contribution is 5.90. The molecule has 0 unspecified atom stereocenters. The molecule has 0 amide bonds. The molecule has 0 bridgehead atoms. The Labute approximate surface area is 175 Å². The molecule has 28 heavy (non-hydrogen) atoms. The summed E-state index contributed by atoms with van der Waals surface area (Å²) in [7, 11) is 0. The molecule has 0 heterocycles. The van der Waals surface area contributed by atoms with E-state index in [-0.39, 0.29) is 32.2 Å². The van der Waals surface area contributed by atoms with Crippen LogP contribution in [-0.2, 0) is 5.41 Å². The maximum Gasteiger partial charge on any atom is 0.357 e. The Hall–Kier alpha value is -2.54. The topological polar surface area (TPSA) is 80.6 Å². The molecule has 0 radical (unpaired) electrons. The van der Waals surface area contributed by atoms with Gasteiger partial charge >= 0.3 is 27.2 Å². The minimum absolute atomic E-state index is 0.145. The lowest BCUT2D eigenvalue weighted by molar-refractivity contribution is -0.597. The number of para-hydroxylation sites is 1. The molecule has 0 saturated carbocycles. The molecule has 3 rings (SSSR count). The van der Waals surface area contributed by atoms with Gasteiger partial charge in [0.05, 0.1) is 5.56 Å². The van der Waals surface area contributed by atoms with Crippen molar-refractivity contribution in [1.82, 2.24) is 0 Å². The summed E-state index contributed by atoms with van der Waals surface area (Å²) in [5.41, 5.74) is 1.42. The molecule has 3 aromatic carbocycles. The zero-order valence-electron chi connectivity index (χ0n) is 16.0. The summed E-state index contributed by atoms with van der Waals surface area (Å²) in [5, 5.41) is 28.3. The standard InChI is InChI=1S/C16H17IO.C7H6O3/c1-16(2,3)12-4-6-13(7-5-12)17-14-8-10-15(18)11-9-14;8-6-4-2-1-3-5(6)7(9)10/h4-11H,1-3H3;1-4,8H,(H,9,10). The highest BCUT2D eigenvalue weighted by Gasteiger charge is 2.18. The van der Waals surface area contributed by atoms with Crippen LogP contribution >= 0.6 is 0 Å². The van der Waals surface area contributed by atoms with Crippen LogP contribution in [0.25, 0.3) is 0 Å². The summed E-state index contributed by atoms with van der Waals surface area (Å²) < 4.78 is 2.74. The van der Waals surface area contributed by atoms with Crippen LogP contribution in [-0.4, -0.2) is 16.2 Å². The summed E-state index contributed by atoms with van der Waals surface area (Å²) in [5.74, 6) is -1.29. The van der Waals surface area contributed by atoms with E-state index in [0.717, 1.165) is 0 Å². The summed E-state index contributed by atoms with van der Waals surface area (Å²) in [6.45, 7) is 6.70. The molecule has 0 aromatic heterocycles. The molecule has 0 spiro atoms. The van der Waals surface area contributed by atoms with E-state index < -0.39 is 11.7 Å². The average molecular weight is 490 g/mol. The number of aromatic hydroxyl groups is 1. The smallest absolute Gasteiger partial charge is 0.357 e. The lowest BCUT2D eigenvalue weighted by Crippen LogP contribution is -3.61. The first kappa shape index (κ1) is 21.8. The van der Waals surface area contributed by atoms with E-state index >= 15 is 0 Å². The van der Waals surface area contributed by atoms with E-state index in [9.17, 15) is 15.0 Å². The molecular formula is C23H23IO4. The van der Waals surface area contributed by atoms with Gasteiger partial charge in [0.2, 0.25) is 0 Å². The number of phenols is 1. The maximum absolute atomic E-state index is 10.7. The third-order valence-electron chi connectivity index (χ3n) is 3.87. The molecule has 0 fully saturated rings. The van der Waals surface area contributed by atoms with Crippen molar-refractivity contribution < 1.29 is 41.3 Å². The Bertz CT molecular complexity index is 911. The second-order valence-corrected chi connectivity index (χ2v) is 10.2. The Kier molecular flexibility index (Phi) is 7.45. The van der Waals surface area contributed by atoms with Gasteiger partial charge in [-0.1, -0.05) is 56.9 Å². The number of halogens is 1. The van der Waals surface area contributed by atoms with Crippen molar-refractivity contribution in [1.29, 1.82) is 0 Å².